The summed E-state index contributed by atoms with van der Waals surface area (Å²) in [6, 6.07) is 2.90. The number of carboxylic acids is 6. The van der Waals surface area contributed by atoms with Crippen LogP contribution in [0.5, 0.6) is 5.75 Å². The van der Waals surface area contributed by atoms with Gasteiger partial charge in [0.1, 0.15) is 23.9 Å². The maximum atomic E-state index is 13.7. The summed E-state index contributed by atoms with van der Waals surface area (Å²) in [6.45, 7) is 3.97. The van der Waals surface area contributed by atoms with Crippen LogP contribution >= 0.6 is 0 Å². The molecular weight excluding hydrogens is 1260 g/mol. The van der Waals surface area contributed by atoms with Gasteiger partial charge in [0.2, 0.25) is 33.7 Å². The summed E-state index contributed by atoms with van der Waals surface area (Å²) >= 11 is 0. The lowest BCUT2D eigenvalue weighted by molar-refractivity contribution is -0.140. The SMILES string of the molecule is Cc1cc(OCCCC(=O)NCCNC(=O)C(CCC(=O)O)NC(=O)[C@H](CCC(=O)O)NC(=O)CN2CCN(CC(=O)O)CCN(CC(=O)O)CCN(CC(=O)O)CC2)cc(C)c1S(=O)(=O)N[C@@H](CNC(=O)c1ccc2c(cnn2CCCNC2=NCCCN2)c1)C(=O)O. The fraction of sp³-hybridized carbons (Fsp3) is 0.569. The average molecular weight is 1340 g/mol. The Kier molecular flexibility index (Phi) is 30.7. The Bertz CT molecular complexity index is 3260. The fourth-order valence-electron chi connectivity index (χ4n) is 10.2. The van der Waals surface area contributed by atoms with Crippen molar-refractivity contribution in [3.05, 3.63) is 53.2 Å². The van der Waals surface area contributed by atoms with E-state index in [4.69, 9.17) is 4.74 Å². The standard InChI is InChI=1S/C58H85N15O20S/c1-37-28-41(29-38(2)53(37)94(91,92)68-44(57(89)90)32-64-54(86)39-7-10-45-40(30-39)31-65-73(45)18-5-15-63-58-61-13-4-14-62-58)93-27-3-6-46(74)59-16-17-60-55(87)42(8-11-48(76)77)67-56(88)43(9-12-49(78)79)66-47(75)33-69-19-21-70(34-50(80)81)23-25-72(36-52(84)85)26-24-71(22-20-69)35-51(82)83/h7,10,28-31,42-44,68H,3-6,8-9,11-27,32-36H2,1-2H3,(H,59,74)(H,60,87)(H,64,86)(H,66,75)(H,67,88)(H,76,77)(H,78,79)(H,80,81)(H,82,83)(H,84,85)(H,89,90)(H2,61,62,63)/t42?,43-,44-/m0/s1. The molecule has 0 bridgehead atoms. The Morgan fingerprint density at radius 3 is 1.70 bits per heavy atom. The van der Waals surface area contributed by atoms with E-state index in [0.29, 0.717) is 18.5 Å². The minimum Gasteiger partial charge on any atom is -0.494 e. The maximum absolute atomic E-state index is 13.7. The van der Waals surface area contributed by atoms with E-state index in [1.807, 2.05) is 0 Å². The van der Waals surface area contributed by atoms with Crippen molar-refractivity contribution in [1.82, 2.24) is 71.3 Å². The third kappa shape index (κ3) is 26.9. The van der Waals surface area contributed by atoms with Crippen LogP contribution in [0.15, 0.2) is 46.4 Å². The number of aliphatic carboxylic acids is 6. The number of aliphatic imine (C=N–C) groups is 1. The van der Waals surface area contributed by atoms with Crippen LogP contribution < -0.4 is 46.7 Å². The van der Waals surface area contributed by atoms with Gasteiger partial charge in [0.15, 0.2) is 5.96 Å². The van der Waals surface area contributed by atoms with Gasteiger partial charge in [-0.25, -0.2) is 8.42 Å². The Labute approximate surface area is 541 Å². The number of guanidine groups is 1. The first-order valence-electron chi connectivity index (χ1n) is 30.5. The van der Waals surface area contributed by atoms with Gasteiger partial charge in [-0.15, -0.1) is 0 Å². The minimum atomic E-state index is -4.49. The van der Waals surface area contributed by atoms with Crippen LogP contribution in [0.3, 0.4) is 0 Å². The zero-order valence-electron chi connectivity index (χ0n) is 52.4. The van der Waals surface area contributed by atoms with Gasteiger partial charge in [0.25, 0.3) is 5.91 Å². The summed E-state index contributed by atoms with van der Waals surface area (Å²) in [6.07, 6.45) is 1.31. The van der Waals surface area contributed by atoms with E-state index in [0.717, 1.165) is 37.4 Å². The third-order valence-corrected chi connectivity index (χ3v) is 16.7. The lowest BCUT2D eigenvalue weighted by Crippen LogP contribution is -2.55. The number of nitrogens with one attached hydrogen (secondary N) is 8. The Hall–Kier alpha value is -9.10. The molecule has 1 aromatic heterocycles. The van der Waals surface area contributed by atoms with Gasteiger partial charge in [-0.3, -0.25) is 82.0 Å². The van der Waals surface area contributed by atoms with Crippen LogP contribution in [0.25, 0.3) is 10.9 Å². The zero-order chi connectivity index (χ0) is 68.9. The molecule has 2 aliphatic rings. The predicted octanol–water partition coefficient (Wildman–Crippen LogP) is -3.29. The fourth-order valence-corrected chi connectivity index (χ4v) is 11.9. The normalized spacial score (nSPS) is 15.7. The molecule has 3 atom stereocenters. The number of hydrogen-bond donors (Lipinski definition) is 14. The van der Waals surface area contributed by atoms with E-state index in [9.17, 15) is 91.8 Å². The van der Waals surface area contributed by atoms with Gasteiger partial charge in [0, 0.05) is 128 Å². The first-order valence-corrected chi connectivity index (χ1v) is 32.0. The van der Waals surface area contributed by atoms with E-state index >= 15 is 0 Å². The molecule has 0 spiro atoms. The molecule has 2 aromatic carbocycles. The molecule has 0 aliphatic carbocycles. The number of benzene rings is 2. The highest BCUT2D eigenvalue weighted by Gasteiger charge is 2.31. The first kappa shape index (κ1) is 75.6. The van der Waals surface area contributed by atoms with E-state index < -0.39 is 145 Å². The van der Waals surface area contributed by atoms with Gasteiger partial charge >= 0.3 is 35.8 Å². The lowest BCUT2D eigenvalue weighted by Gasteiger charge is -2.33. The molecule has 518 valence electrons. The number of nitrogens with zero attached hydrogens (tertiary/aromatic N) is 7. The third-order valence-electron chi connectivity index (χ3n) is 14.9. The summed E-state index contributed by atoms with van der Waals surface area (Å²) in [5, 5.41) is 81.5. The highest BCUT2D eigenvalue weighted by Crippen LogP contribution is 2.26. The molecule has 1 unspecified atom stereocenters. The number of ether oxygens (including phenoxy) is 1. The molecule has 14 N–H and O–H groups in total. The molecule has 0 radical (unpaired) electrons. The molecule has 94 heavy (non-hydrogen) atoms. The van der Waals surface area contributed by atoms with Crippen LogP contribution in [0.4, 0.5) is 0 Å². The molecule has 0 saturated carbocycles. The molecule has 5 amide bonds. The van der Waals surface area contributed by atoms with Crippen LogP contribution in [-0.2, 0) is 64.5 Å². The highest BCUT2D eigenvalue weighted by molar-refractivity contribution is 7.89. The number of aromatic nitrogens is 2. The summed E-state index contributed by atoms with van der Waals surface area (Å²) in [4.78, 5) is 148. The number of carboxylic acid groups (broad SMARTS) is 6. The van der Waals surface area contributed by atoms with Crippen molar-refractivity contribution in [2.24, 2.45) is 4.99 Å². The van der Waals surface area contributed by atoms with Crippen molar-refractivity contribution < 1.29 is 96.5 Å². The summed E-state index contributed by atoms with van der Waals surface area (Å²) in [5.41, 5.74) is 1.41. The van der Waals surface area contributed by atoms with Crippen molar-refractivity contribution in [2.45, 2.75) is 94.8 Å². The van der Waals surface area contributed by atoms with E-state index in [2.05, 4.69) is 52.0 Å². The highest BCUT2D eigenvalue weighted by atomic mass is 32.2. The van der Waals surface area contributed by atoms with Crippen molar-refractivity contribution in [3.8, 4) is 5.75 Å². The second kappa shape index (κ2) is 38.2. The molecule has 2 aliphatic heterocycles. The molecule has 1 saturated heterocycles. The van der Waals surface area contributed by atoms with E-state index in [1.165, 1.54) is 35.8 Å². The topological polar surface area (TPSA) is 492 Å². The molecular formula is C58H85N15O20S. The largest absolute Gasteiger partial charge is 0.494 e. The van der Waals surface area contributed by atoms with Gasteiger partial charge in [-0.05, 0) is 87.4 Å². The Balaban J connectivity index is 1.08. The number of carbonyl (C=O) groups is 11. The number of hydrogen-bond acceptors (Lipinski definition) is 22. The molecule has 1 fully saturated rings. The van der Waals surface area contributed by atoms with Crippen molar-refractivity contribution in [2.75, 3.05) is 124 Å². The Morgan fingerprint density at radius 1 is 0.617 bits per heavy atom. The number of carbonyl (C=O) groups excluding carboxylic acids is 5. The monoisotopic (exact) mass is 1340 g/mol. The maximum Gasteiger partial charge on any atom is 0.323 e. The van der Waals surface area contributed by atoms with Crippen LogP contribution in [-0.4, -0.2) is 282 Å². The molecule has 5 rings (SSSR count). The summed E-state index contributed by atoms with van der Waals surface area (Å²) in [7, 11) is -4.49. The lowest BCUT2D eigenvalue weighted by atomic mass is 10.1. The molecule has 3 heterocycles. The smallest absolute Gasteiger partial charge is 0.323 e. The van der Waals surface area contributed by atoms with E-state index in [-0.39, 0.29) is 119 Å². The van der Waals surface area contributed by atoms with Crippen molar-refractivity contribution in [1.29, 1.82) is 0 Å². The van der Waals surface area contributed by atoms with Crippen molar-refractivity contribution >= 4 is 92.2 Å². The number of sulfonamides is 1. The zero-order valence-corrected chi connectivity index (χ0v) is 53.2. The van der Waals surface area contributed by atoms with Gasteiger partial charge < -0.3 is 72.6 Å². The van der Waals surface area contributed by atoms with Crippen LogP contribution in [0, 0.1) is 13.8 Å². The van der Waals surface area contributed by atoms with Gasteiger partial charge in [-0.1, -0.05) is 0 Å². The number of rotatable bonds is 37. The summed E-state index contributed by atoms with van der Waals surface area (Å²) < 4.78 is 37.2. The molecule has 36 heteroatoms. The number of amides is 5. The second-order valence-electron chi connectivity index (χ2n) is 22.5. The van der Waals surface area contributed by atoms with Gasteiger partial charge in [0.05, 0.1) is 49.4 Å². The predicted molar refractivity (Wildman–Crippen MR) is 334 cm³/mol. The summed E-state index contributed by atoms with van der Waals surface area (Å²) in [5.74, 6) is -10.5. The number of fused-ring (bicyclic) bond motifs is 1. The van der Waals surface area contributed by atoms with E-state index in [1.54, 1.807) is 38.9 Å². The van der Waals surface area contributed by atoms with Crippen molar-refractivity contribution in [3.63, 3.8) is 0 Å². The average Bonchev–Trinajstić information content (AvgIpc) is 0.995. The molecule has 35 nitrogen and oxygen atoms in total. The number of aryl methyl sites for hydroxylation is 3. The molecule has 3 aromatic rings. The van der Waals surface area contributed by atoms with Crippen LogP contribution in [0.1, 0.15) is 72.9 Å². The second-order valence-corrected chi connectivity index (χ2v) is 24.1. The Morgan fingerprint density at radius 2 is 1.17 bits per heavy atom. The minimum absolute atomic E-state index is 0.00822. The quantitative estimate of drug-likeness (QED) is 0.0252. The van der Waals surface area contributed by atoms with Gasteiger partial charge in [-0.2, -0.15) is 9.82 Å². The van der Waals surface area contributed by atoms with Crippen LogP contribution in [0.2, 0.25) is 0 Å². The first-order chi connectivity index (χ1) is 44.6.